The molecule has 67 heavy (non-hydrogen) atoms. The predicted octanol–water partition coefficient (Wildman–Crippen LogP) is 5.21. The number of carbonyl (C=O) groups excluding carboxylic acids is 6. The quantitative estimate of drug-likeness (QED) is 0.117. The van der Waals surface area contributed by atoms with Crippen LogP contribution in [-0.2, 0) is 14.3 Å². The Morgan fingerprint density at radius 3 is 2.15 bits per heavy atom. The molecule has 0 fully saturated rings. The van der Waals surface area contributed by atoms with Crippen molar-refractivity contribution in [1.29, 1.82) is 0 Å². The number of aliphatic hydroxyl groups excluding tert-OH is 1. The molecule has 3 atom stereocenters. The Morgan fingerprint density at radius 2 is 1.39 bits per heavy atom. The molecule has 0 saturated carbocycles. The van der Waals surface area contributed by atoms with Gasteiger partial charge in [-0.05, 0) is 25.0 Å². The summed E-state index contributed by atoms with van der Waals surface area (Å²) in [6.45, 7) is 4.57. The van der Waals surface area contributed by atoms with Gasteiger partial charge >= 0.3 is 5.97 Å². The summed E-state index contributed by atoms with van der Waals surface area (Å²) >= 11 is 7.18. The zero-order valence-electron chi connectivity index (χ0n) is 35.9. The highest BCUT2D eigenvalue weighted by atomic mass is 32.1. The van der Waals surface area contributed by atoms with Crippen LogP contribution in [0.5, 0.6) is 0 Å². The maximum atomic E-state index is 14.0. The number of thiazole rings is 6. The average Bonchev–Trinajstić information content (AvgIpc) is 4.18. The van der Waals surface area contributed by atoms with Gasteiger partial charge in [0.05, 0.1) is 44.5 Å². The Hall–Kier alpha value is -6.29. The van der Waals surface area contributed by atoms with E-state index in [4.69, 9.17) is 19.7 Å². The first kappa shape index (κ1) is 47.2. The Bertz CT molecular complexity index is 3020. The van der Waals surface area contributed by atoms with Gasteiger partial charge in [0.15, 0.2) is 5.69 Å². The van der Waals surface area contributed by atoms with Crippen molar-refractivity contribution < 1.29 is 38.6 Å². The molecular formula is C41H38N12O8S6. The second-order valence-corrected chi connectivity index (χ2v) is 20.5. The number of aliphatic hydroxyl groups is 1. The maximum Gasteiger partial charge on any atom is 0.357 e. The lowest BCUT2D eigenvalue weighted by Crippen LogP contribution is -2.39. The minimum Gasteiger partial charge on any atom is -0.464 e. The lowest BCUT2D eigenvalue weighted by atomic mass is 10.0. The predicted molar refractivity (Wildman–Crippen MR) is 253 cm³/mol. The molecule has 20 nitrogen and oxygen atoms in total. The molecule has 0 aliphatic carbocycles. The number of carbonyl (C=O) groups is 6. The molecule has 0 spiro atoms. The number of aromatic nitrogens is 7. The van der Waals surface area contributed by atoms with Crippen molar-refractivity contribution in [2.45, 2.75) is 45.3 Å². The van der Waals surface area contributed by atoms with E-state index in [-0.39, 0.29) is 41.0 Å². The number of rotatable bonds is 6. The number of aryl methyl sites for hydroxylation is 1. The van der Waals surface area contributed by atoms with E-state index in [9.17, 15) is 33.9 Å². The maximum absolute atomic E-state index is 14.0. The number of fused-ring (bicyclic) bond motifs is 14. The second kappa shape index (κ2) is 20.3. The van der Waals surface area contributed by atoms with Gasteiger partial charge in [-0.2, -0.15) is 0 Å². The molecule has 6 N–H and O–H groups in total. The molecule has 0 unspecified atom stereocenters. The normalized spacial score (nSPS) is 17.0. The van der Waals surface area contributed by atoms with Crippen LogP contribution in [0.15, 0.2) is 39.0 Å². The van der Waals surface area contributed by atoms with E-state index in [0.29, 0.717) is 63.3 Å². The van der Waals surface area contributed by atoms with Gasteiger partial charge in [-0.3, -0.25) is 24.0 Å². The first-order valence-corrected chi connectivity index (χ1v) is 25.3. The van der Waals surface area contributed by atoms with Crippen LogP contribution >= 0.6 is 68.0 Å². The summed E-state index contributed by atoms with van der Waals surface area (Å²) in [4.78, 5) is 113. The first-order valence-electron chi connectivity index (χ1n) is 20.1. The van der Waals surface area contributed by atoms with Crippen LogP contribution in [0, 0.1) is 12.8 Å². The number of nitrogens with one attached hydrogen (secondary N) is 5. The van der Waals surface area contributed by atoms with Crippen LogP contribution in [-0.4, -0.2) is 103 Å². The summed E-state index contributed by atoms with van der Waals surface area (Å²) in [7, 11) is 2.74. The van der Waals surface area contributed by atoms with Crippen molar-refractivity contribution in [1.82, 2.24) is 61.5 Å². The van der Waals surface area contributed by atoms with E-state index >= 15 is 0 Å². The van der Waals surface area contributed by atoms with E-state index < -0.39 is 60.9 Å². The van der Waals surface area contributed by atoms with Gasteiger partial charge in [-0.15, -0.1) is 68.0 Å². The van der Waals surface area contributed by atoms with Gasteiger partial charge in [0.25, 0.3) is 17.7 Å². The molecule has 8 rings (SSSR count). The van der Waals surface area contributed by atoms with Crippen molar-refractivity contribution in [3.05, 3.63) is 81.7 Å². The number of hydrogen-bond acceptors (Lipinski definition) is 21. The minimum absolute atomic E-state index is 0.0415. The highest BCUT2D eigenvalue weighted by molar-refractivity contribution is 7.15. The zero-order chi connectivity index (χ0) is 47.5. The number of esters is 1. The number of hydrogen-bond donors (Lipinski definition) is 6. The van der Waals surface area contributed by atoms with Gasteiger partial charge in [-0.25, -0.2) is 39.7 Å². The van der Waals surface area contributed by atoms with Crippen molar-refractivity contribution >= 4 is 104 Å². The topological polar surface area (TPSA) is 282 Å². The molecule has 10 bridgehead atoms. The molecule has 7 aromatic heterocycles. The van der Waals surface area contributed by atoms with Gasteiger partial charge < -0.3 is 36.4 Å². The first-order chi connectivity index (χ1) is 32.2. The molecule has 7 aromatic rings. The third-order valence-corrected chi connectivity index (χ3v) is 15.5. The van der Waals surface area contributed by atoms with Crippen molar-refractivity contribution in [3.63, 3.8) is 0 Å². The molecular weight excluding hydrogens is 981 g/mol. The highest BCUT2D eigenvalue weighted by Gasteiger charge is 2.30. The summed E-state index contributed by atoms with van der Waals surface area (Å²) in [5.41, 5.74) is 2.53. The van der Waals surface area contributed by atoms with Gasteiger partial charge in [0, 0.05) is 44.4 Å². The molecule has 26 heteroatoms. The van der Waals surface area contributed by atoms with Gasteiger partial charge in [0.1, 0.15) is 70.3 Å². The Labute approximate surface area is 404 Å². The zero-order valence-corrected chi connectivity index (χ0v) is 40.8. The van der Waals surface area contributed by atoms with E-state index in [2.05, 4.69) is 46.5 Å². The third-order valence-electron chi connectivity index (χ3n) is 9.97. The van der Waals surface area contributed by atoms with Crippen molar-refractivity contribution in [2.75, 3.05) is 27.3 Å². The number of amides is 5. The van der Waals surface area contributed by atoms with E-state index in [1.165, 1.54) is 76.2 Å². The molecule has 5 amide bonds. The molecule has 0 saturated heterocycles. The number of ether oxygens (including phenoxy) is 1. The number of methoxy groups -OCH3 is 1. The smallest absolute Gasteiger partial charge is 0.357 e. The number of nitrogens with zero attached hydrogens (tertiary/aromatic N) is 7. The van der Waals surface area contributed by atoms with E-state index in [1.807, 2.05) is 13.8 Å². The Morgan fingerprint density at radius 1 is 0.716 bits per heavy atom. The summed E-state index contributed by atoms with van der Waals surface area (Å²) in [5.74, 6) is -3.48. The lowest BCUT2D eigenvalue weighted by molar-refractivity contribution is -0.121. The highest BCUT2D eigenvalue weighted by Crippen LogP contribution is 2.38. The molecule has 1 aliphatic heterocycles. The Balaban J connectivity index is 1.19. The number of pyridine rings is 1. The van der Waals surface area contributed by atoms with E-state index in [0.717, 1.165) is 11.3 Å². The second-order valence-electron chi connectivity index (χ2n) is 14.9. The summed E-state index contributed by atoms with van der Waals surface area (Å²) in [6, 6.07) is 1.01. The SMILES string of the molecule is CNC(=O)C[C@@H]1NC(=O)c2csc(n2)-c2ccc(-c3nc(C(=O)OC)cs3)nc2-c2csc(n2)-c2csc(n2)[C@H](CO)NC(=O)CNC(=O)c2csc(n2)[C@H](C(C)C)NC(=O)c2nc1sc2C. The lowest BCUT2D eigenvalue weighted by Gasteiger charge is -2.20. The van der Waals surface area contributed by atoms with Crippen LogP contribution in [0.2, 0.25) is 0 Å². The van der Waals surface area contributed by atoms with Crippen LogP contribution in [0.3, 0.4) is 0 Å². The van der Waals surface area contributed by atoms with Crippen LogP contribution in [0.1, 0.15) is 100 Å². The van der Waals surface area contributed by atoms with Gasteiger partial charge in [0.2, 0.25) is 11.8 Å². The van der Waals surface area contributed by atoms with Crippen molar-refractivity contribution in [3.8, 4) is 43.4 Å². The fourth-order valence-electron chi connectivity index (χ4n) is 6.52. The third kappa shape index (κ3) is 10.3. The monoisotopic (exact) mass is 1020 g/mol. The summed E-state index contributed by atoms with van der Waals surface area (Å²) in [6.07, 6.45) is -0.190. The Kier molecular flexibility index (Phi) is 14.3. The van der Waals surface area contributed by atoms with Crippen LogP contribution in [0.4, 0.5) is 0 Å². The largest absolute Gasteiger partial charge is 0.464 e. The van der Waals surface area contributed by atoms with Crippen LogP contribution in [0.25, 0.3) is 43.4 Å². The van der Waals surface area contributed by atoms with Crippen LogP contribution < -0.4 is 26.6 Å². The fraction of sp³-hybridized carbons (Fsp3) is 0.293. The molecule has 346 valence electrons. The molecule has 0 aromatic carbocycles. The van der Waals surface area contributed by atoms with Gasteiger partial charge in [-0.1, -0.05) is 13.8 Å². The average molecular weight is 1020 g/mol. The summed E-state index contributed by atoms with van der Waals surface area (Å²) < 4.78 is 4.84. The van der Waals surface area contributed by atoms with E-state index in [1.54, 1.807) is 40.6 Å². The van der Waals surface area contributed by atoms with Crippen molar-refractivity contribution in [2.24, 2.45) is 5.92 Å². The molecule has 0 radical (unpaired) electrons. The molecule has 8 heterocycles. The fourth-order valence-corrected chi connectivity index (χ4v) is 11.8. The summed E-state index contributed by atoms with van der Waals surface area (Å²) in [5, 5.41) is 34.7. The standard InChI is InChI=1S/C41H38N12O8S6/c1-16(2)29-40-49-23(12-66-40)32(57)43-9-28(56)44-21(10-54)37-50-25(14-64-37)38-47-22(11-63-38)31-18(6-7-19(45-31)36-51-26(15-65-36)41(60)61-5)35-48-24(13-62-35)33(58)46-20(8-27(55)42-4)39-53-30(17(3)67-39)34(59)52-29/h6-7,11-16,20-21,29,54H,8-10H2,1-5H3,(H,42,55)(H,43,57)(H,44,56)(H,46,58)(H,52,59)/t20-,21-,29-/m0/s1. The molecule has 1 aliphatic rings. The minimum atomic E-state index is -0.945.